The molecule has 0 bridgehead atoms. The van der Waals surface area contributed by atoms with Crippen molar-refractivity contribution < 1.29 is 0 Å². The number of rotatable bonds is 2. The summed E-state index contributed by atoms with van der Waals surface area (Å²) in [6.45, 7) is 8.51. The summed E-state index contributed by atoms with van der Waals surface area (Å²) >= 11 is 0. The number of allylic oxidation sites excluding steroid dienone is 4. The summed E-state index contributed by atoms with van der Waals surface area (Å²) < 4.78 is 0. The van der Waals surface area contributed by atoms with Gasteiger partial charge in [-0.1, -0.05) is 42.5 Å². The van der Waals surface area contributed by atoms with Crippen LogP contribution in [0.4, 0.5) is 0 Å². The van der Waals surface area contributed by atoms with E-state index in [1.165, 1.54) is 16.7 Å². The SMILES string of the molecule is CC(=NC(C)(C)C)c1ccccc1C1=CC=CC1. The normalized spacial score (nSPS) is 16.0. The first-order chi connectivity index (χ1) is 8.47. The number of aliphatic imine (C=N–C) groups is 1. The van der Waals surface area contributed by atoms with Crippen LogP contribution in [0.2, 0.25) is 0 Å². The summed E-state index contributed by atoms with van der Waals surface area (Å²) in [4.78, 5) is 4.78. The van der Waals surface area contributed by atoms with Gasteiger partial charge in [-0.3, -0.25) is 4.99 Å². The summed E-state index contributed by atoms with van der Waals surface area (Å²) in [6.07, 6.45) is 7.55. The van der Waals surface area contributed by atoms with Crippen LogP contribution in [0.25, 0.3) is 5.57 Å². The molecule has 0 spiro atoms. The van der Waals surface area contributed by atoms with Gasteiger partial charge in [0.25, 0.3) is 0 Å². The quantitative estimate of drug-likeness (QED) is 0.667. The Bertz CT molecular complexity index is 525. The number of nitrogens with zero attached hydrogens (tertiary/aromatic N) is 1. The van der Waals surface area contributed by atoms with E-state index in [0.717, 1.165) is 12.1 Å². The van der Waals surface area contributed by atoms with Crippen LogP contribution in [0.1, 0.15) is 45.2 Å². The van der Waals surface area contributed by atoms with Crippen LogP contribution in [0, 0.1) is 0 Å². The maximum Gasteiger partial charge on any atom is 0.0527 e. The summed E-state index contributed by atoms with van der Waals surface area (Å²) in [5.41, 5.74) is 5.04. The molecule has 0 atom stereocenters. The van der Waals surface area contributed by atoms with Gasteiger partial charge in [0.15, 0.2) is 0 Å². The number of hydrogen-bond acceptors (Lipinski definition) is 1. The molecule has 0 aromatic heterocycles. The molecule has 1 aliphatic rings. The Morgan fingerprint density at radius 1 is 1.17 bits per heavy atom. The van der Waals surface area contributed by atoms with Crippen LogP contribution in [-0.2, 0) is 0 Å². The lowest BCUT2D eigenvalue weighted by Gasteiger charge is -2.16. The van der Waals surface area contributed by atoms with Gasteiger partial charge in [0, 0.05) is 11.3 Å². The molecule has 1 nitrogen and oxygen atoms in total. The molecule has 0 saturated carbocycles. The Labute approximate surface area is 110 Å². The molecule has 0 aliphatic heterocycles. The van der Waals surface area contributed by atoms with Crippen LogP contribution in [-0.4, -0.2) is 11.3 Å². The highest BCUT2D eigenvalue weighted by molar-refractivity contribution is 6.03. The second-order valence-electron chi connectivity index (χ2n) is 5.74. The van der Waals surface area contributed by atoms with Crippen LogP contribution in [0.3, 0.4) is 0 Å². The Kier molecular flexibility index (Phi) is 3.51. The van der Waals surface area contributed by atoms with E-state index < -0.39 is 0 Å². The van der Waals surface area contributed by atoms with Gasteiger partial charge in [0.05, 0.1) is 5.54 Å². The van der Waals surface area contributed by atoms with Gasteiger partial charge in [0.2, 0.25) is 0 Å². The van der Waals surface area contributed by atoms with Crippen LogP contribution in [0.15, 0.2) is 47.5 Å². The predicted molar refractivity (Wildman–Crippen MR) is 80.1 cm³/mol. The van der Waals surface area contributed by atoms with Crippen molar-refractivity contribution in [1.29, 1.82) is 0 Å². The molecule has 0 amide bonds. The van der Waals surface area contributed by atoms with Gasteiger partial charge in [0.1, 0.15) is 0 Å². The minimum absolute atomic E-state index is 0.0283. The first-order valence-electron chi connectivity index (χ1n) is 6.49. The maximum absolute atomic E-state index is 4.78. The topological polar surface area (TPSA) is 12.4 Å². The first kappa shape index (κ1) is 12.8. The lowest BCUT2D eigenvalue weighted by atomic mass is 9.96. The fraction of sp³-hybridized carbons (Fsp3) is 0.353. The molecule has 1 aliphatic carbocycles. The molecule has 0 unspecified atom stereocenters. The lowest BCUT2D eigenvalue weighted by molar-refractivity contribution is 0.584. The summed E-state index contributed by atoms with van der Waals surface area (Å²) in [5, 5.41) is 0. The van der Waals surface area contributed by atoms with Gasteiger partial charge in [-0.2, -0.15) is 0 Å². The summed E-state index contributed by atoms with van der Waals surface area (Å²) in [7, 11) is 0. The molecular formula is C17H21N. The second kappa shape index (κ2) is 4.93. The van der Waals surface area contributed by atoms with E-state index in [9.17, 15) is 0 Å². The van der Waals surface area contributed by atoms with Gasteiger partial charge in [-0.05, 0) is 45.3 Å². The molecule has 0 fully saturated rings. The second-order valence-corrected chi connectivity index (χ2v) is 5.74. The van der Waals surface area contributed by atoms with Crippen molar-refractivity contribution in [2.75, 3.05) is 0 Å². The highest BCUT2D eigenvalue weighted by Gasteiger charge is 2.13. The van der Waals surface area contributed by atoms with Crippen molar-refractivity contribution in [2.45, 2.75) is 39.7 Å². The summed E-state index contributed by atoms with van der Waals surface area (Å²) in [5.74, 6) is 0. The average Bonchev–Trinajstić information content (AvgIpc) is 2.80. The zero-order valence-electron chi connectivity index (χ0n) is 11.7. The third kappa shape index (κ3) is 2.98. The maximum atomic E-state index is 4.78. The third-order valence-corrected chi connectivity index (χ3v) is 2.94. The van der Waals surface area contributed by atoms with Gasteiger partial charge in [-0.15, -0.1) is 0 Å². The number of benzene rings is 1. The van der Waals surface area contributed by atoms with Gasteiger partial charge >= 0.3 is 0 Å². The lowest BCUT2D eigenvalue weighted by Crippen LogP contribution is -2.14. The van der Waals surface area contributed by atoms with E-state index in [4.69, 9.17) is 4.99 Å². The molecule has 0 saturated heterocycles. The van der Waals surface area contributed by atoms with E-state index in [2.05, 4.69) is 70.2 Å². The van der Waals surface area contributed by atoms with Crippen molar-refractivity contribution in [2.24, 2.45) is 4.99 Å². The van der Waals surface area contributed by atoms with Crippen LogP contribution < -0.4 is 0 Å². The molecule has 0 radical (unpaired) electrons. The Hall–Kier alpha value is -1.63. The van der Waals surface area contributed by atoms with E-state index in [1.54, 1.807) is 0 Å². The predicted octanol–water partition coefficient (Wildman–Crippen LogP) is 4.64. The first-order valence-corrected chi connectivity index (χ1v) is 6.49. The minimum Gasteiger partial charge on any atom is -0.284 e. The Morgan fingerprint density at radius 2 is 1.89 bits per heavy atom. The van der Waals surface area contributed by atoms with E-state index >= 15 is 0 Å². The van der Waals surface area contributed by atoms with Gasteiger partial charge in [-0.25, -0.2) is 0 Å². The van der Waals surface area contributed by atoms with E-state index in [-0.39, 0.29) is 5.54 Å². The molecular weight excluding hydrogens is 218 g/mol. The van der Waals surface area contributed by atoms with Crippen molar-refractivity contribution in [3.8, 4) is 0 Å². The highest BCUT2D eigenvalue weighted by atomic mass is 14.8. The molecule has 0 heterocycles. The van der Waals surface area contributed by atoms with Crippen molar-refractivity contribution in [3.63, 3.8) is 0 Å². The molecule has 1 aromatic carbocycles. The van der Waals surface area contributed by atoms with E-state index in [1.807, 2.05) is 0 Å². The van der Waals surface area contributed by atoms with Gasteiger partial charge < -0.3 is 0 Å². The molecule has 94 valence electrons. The third-order valence-electron chi connectivity index (χ3n) is 2.94. The van der Waals surface area contributed by atoms with Crippen molar-refractivity contribution >= 4 is 11.3 Å². The molecule has 1 heteroatoms. The Balaban J connectivity index is 2.43. The zero-order chi connectivity index (χ0) is 13.2. The standard InChI is InChI=1S/C17H21N/c1-13(18-17(2,3)4)15-11-7-8-12-16(15)14-9-5-6-10-14/h5-9,11-12H,10H2,1-4H3. The smallest absolute Gasteiger partial charge is 0.0527 e. The van der Waals surface area contributed by atoms with E-state index in [0.29, 0.717) is 0 Å². The molecule has 0 N–H and O–H groups in total. The number of hydrogen-bond donors (Lipinski definition) is 0. The fourth-order valence-electron chi connectivity index (χ4n) is 2.29. The molecule has 1 aromatic rings. The summed E-state index contributed by atoms with van der Waals surface area (Å²) in [6, 6.07) is 8.54. The monoisotopic (exact) mass is 239 g/mol. The molecule has 18 heavy (non-hydrogen) atoms. The van der Waals surface area contributed by atoms with Crippen LogP contribution in [0.5, 0.6) is 0 Å². The fourth-order valence-corrected chi connectivity index (χ4v) is 2.29. The largest absolute Gasteiger partial charge is 0.284 e. The van der Waals surface area contributed by atoms with Crippen molar-refractivity contribution in [3.05, 3.63) is 53.6 Å². The van der Waals surface area contributed by atoms with Crippen molar-refractivity contribution in [1.82, 2.24) is 0 Å². The van der Waals surface area contributed by atoms with Crippen LogP contribution >= 0.6 is 0 Å². The molecule has 2 rings (SSSR count). The Morgan fingerprint density at radius 3 is 2.50 bits per heavy atom. The zero-order valence-corrected chi connectivity index (χ0v) is 11.7. The highest BCUT2D eigenvalue weighted by Crippen LogP contribution is 2.27. The minimum atomic E-state index is -0.0283. The average molecular weight is 239 g/mol.